The topological polar surface area (TPSA) is 145 Å². The number of aromatic nitrogens is 1. The number of nitrogens with zero attached hydrogens (tertiary/aromatic N) is 2. The van der Waals surface area contributed by atoms with Crippen LogP contribution in [0.25, 0.3) is 0 Å². The molecule has 2 atom stereocenters. The number of hydrogen-bond donors (Lipinski definition) is 3. The van der Waals surface area contributed by atoms with Gasteiger partial charge in [0.2, 0.25) is 6.20 Å². The molecule has 4 rings (SSSR count). The van der Waals surface area contributed by atoms with Crippen LogP contribution >= 0.6 is 0 Å². The predicted molar refractivity (Wildman–Crippen MR) is 189 cm³/mol. The van der Waals surface area contributed by atoms with E-state index in [0.717, 1.165) is 62.1 Å². The van der Waals surface area contributed by atoms with Crippen LogP contribution < -0.4 is 14.2 Å². The molecular weight excluding hydrogens is 653 g/mol. The Labute approximate surface area is 287 Å². The van der Waals surface area contributed by atoms with E-state index in [0.29, 0.717) is 36.2 Å². The second kappa shape index (κ2) is 17.5. The lowest BCUT2D eigenvalue weighted by atomic mass is 9.68. The second-order valence-electron chi connectivity index (χ2n) is 13.0. The van der Waals surface area contributed by atoms with Crippen molar-refractivity contribution in [3.05, 3.63) is 78.1 Å². The van der Waals surface area contributed by atoms with Crippen molar-refractivity contribution in [2.24, 2.45) is 5.41 Å². The third-order valence-electron chi connectivity index (χ3n) is 8.82. The average molecular weight is 706 g/mol. The molecular formula is C36H53N2O8S2+. The summed E-state index contributed by atoms with van der Waals surface area (Å²) in [5.74, 6) is 0.488. The molecule has 0 saturated heterocycles. The van der Waals surface area contributed by atoms with Crippen LogP contribution in [0.15, 0.2) is 71.9 Å². The molecule has 0 radical (unpaired) electrons. The van der Waals surface area contributed by atoms with Crippen LogP contribution in [0, 0.1) is 5.41 Å². The maximum atomic E-state index is 14.0. The van der Waals surface area contributed by atoms with Crippen LogP contribution in [-0.2, 0) is 26.5 Å². The monoisotopic (exact) mass is 705 g/mol. The maximum absolute atomic E-state index is 14.0. The van der Waals surface area contributed by atoms with Crippen LogP contribution in [0.1, 0.15) is 82.3 Å². The summed E-state index contributed by atoms with van der Waals surface area (Å²) in [5.41, 5.74) is 1.75. The van der Waals surface area contributed by atoms with Gasteiger partial charge in [-0.15, -0.1) is 0 Å². The SMILES string of the molecule is CCCCC1(CCCC)CS(=O)(=O)c2ccc(N(C)C)cc2[C@@H](c2ccc(OCCCC[n+]3cccc(O)c3)cc2)[C@H]1O.CS(=O)(=O)O. The quantitative estimate of drug-likeness (QED) is 0.108. The van der Waals surface area contributed by atoms with Crippen LogP contribution in [0.2, 0.25) is 0 Å². The first-order valence-corrected chi connectivity index (χ1v) is 20.2. The zero-order valence-electron chi connectivity index (χ0n) is 28.9. The Hall–Kier alpha value is -3.19. The number of aromatic hydroxyl groups is 1. The molecule has 48 heavy (non-hydrogen) atoms. The fourth-order valence-corrected chi connectivity index (χ4v) is 8.59. The second-order valence-corrected chi connectivity index (χ2v) is 16.4. The number of ether oxygens (including phenoxy) is 1. The van der Waals surface area contributed by atoms with Crippen LogP contribution in [0.4, 0.5) is 5.69 Å². The number of fused-ring (bicyclic) bond motifs is 1. The first-order chi connectivity index (χ1) is 22.6. The summed E-state index contributed by atoms with van der Waals surface area (Å²) >= 11 is 0. The van der Waals surface area contributed by atoms with Crippen molar-refractivity contribution >= 4 is 25.6 Å². The Morgan fingerprint density at radius 2 is 1.60 bits per heavy atom. The molecule has 0 aliphatic carbocycles. The highest BCUT2D eigenvalue weighted by Gasteiger charge is 2.49. The van der Waals surface area contributed by atoms with E-state index in [1.807, 2.05) is 72.2 Å². The third-order valence-corrected chi connectivity index (χ3v) is 10.8. The minimum atomic E-state index is -3.67. The van der Waals surface area contributed by atoms with Gasteiger partial charge in [-0.05, 0) is 66.8 Å². The minimum Gasteiger partial charge on any atom is -0.503 e. The number of anilines is 1. The molecule has 0 amide bonds. The lowest BCUT2D eigenvalue weighted by Crippen LogP contribution is -2.43. The zero-order chi connectivity index (χ0) is 35.5. The zero-order valence-corrected chi connectivity index (χ0v) is 30.5. The predicted octanol–water partition coefficient (Wildman–Crippen LogP) is 5.76. The molecule has 1 aliphatic rings. The Kier molecular flexibility index (Phi) is 14.3. The van der Waals surface area contributed by atoms with E-state index in [1.165, 1.54) is 0 Å². The van der Waals surface area contributed by atoms with Gasteiger partial charge in [0.25, 0.3) is 10.1 Å². The molecule has 0 spiro atoms. The van der Waals surface area contributed by atoms with Gasteiger partial charge < -0.3 is 19.8 Å². The summed E-state index contributed by atoms with van der Waals surface area (Å²) in [6.45, 7) is 5.59. The van der Waals surface area contributed by atoms with Gasteiger partial charge in [0.1, 0.15) is 12.3 Å². The highest BCUT2D eigenvalue weighted by Crippen LogP contribution is 2.50. The Morgan fingerprint density at radius 1 is 0.979 bits per heavy atom. The number of hydrogen-bond acceptors (Lipinski definition) is 8. The molecule has 12 heteroatoms. The number of aryl methyl sites for hydroxylation is 1. The smallest absolute Gasteiger partial charge is 0.261 e. The number of aliphatic hydroxyl groups is 1. The van der Waals surface area contributed by atoms with Gasteiger partial charge in [0.05, 0.1) is 29.6 Å². The average Bonchev–Trinajstić information content (AvgIpc) is 3.08. The van der Waals surface area contributed by atoms with E-state index in [2.05, 4.69) is 13.8 Å². The van der Waals surface area contributed by atoms with E-state index in [9.17, 15) is 27.0 Å². The summed E-state index contributed by atoms with van der Waals surface area (Å²) in [7, 11) is -3.41. The molecule has 0 bridgehead atoms. The van der Waals surface area contributed by atoms with Crippen molar-refractivity contribution in [1.82, 2.24) is 0 Å². The molecule has 0 unspecified atom stereocenters. The molecule has 1 aliphatic heterocycles. The maximum Gasteiger partial charge on any atom is 0.261 e. The molecule has 0 fully saturated rings. The first-order valence-electron chi connectivity index (χ1n) is 16.7. The fraction of sp³-hybridized carbons (Fsp3) is 0.528. The molecule has 2 aromatic carbocycles. The van der Waals surface area contributed by atoms with E-state index in [1.54, 1.807) is 18.3 Å². The summed E-state index contributed by atoms with van der Waals surface area (Å²) in [6, 6.07) is 16.9. The van der Waals surface area contributed by atoms with Crippen molar-refractivity contribution in [1.29, 1.82) is 0 Å². The molecule has 2 heterocycles. The van der Waals surface area contributed by atoms with Gasteiger partial charge in [-0.25, -0.2) is 13.0 Å². The standard InChI is InChI=1S/C35H48N2O5S.CH4O3S/c1-5-7-19-35(20-8-6-2)26-43(40,41)32-18-15-28(36(3)4)24-31(32)33(34(35)39)27-13-16-30(17-14-27)42-23-10-9-21-37-22-11-12-29(38)25-37;1-5(2,3)4/h11-18,22,24-25,33-34,39H,5-10,19-21,23,26H2,1-4H3;1H3,(H,2,3,4)/p+1/t33-,34-;/m1./s1. The Morgan fingerprint density at radius 3 is 2.17 bits per heavy atom. The number of pyridine rings is 1. The summed E-state index contributed by atoms with van der Waals surface area (Å²) in [6.07, 6.45) is 10.3. The Balaban J connectivity index is 0.00000116. The van der Waals surface area contributed by atoms with E-state index >= 15 is 0 Å². The molecule has 0 saturated carbocycles. The van der Waals surface area contributed by atoms with Crippen molar-refractivity contribution in [3.8, 4) is 11.5 Å². The van der Waals surface area contributed by atoms with Gasteiger partial charge in [-0.3, -0.25) is 4.55 Å². The van der Waals surface area contributed by atoms with Crippen molar-refractivity contribution in [2.75, 3.05) is 37.6 Å². The third kappa shape index (κ3) is 11.2. The van der Waals surface area contributed by atoms with Gasteiger partial charge in [0.15, 0.2) is 21.8 Å². The van der Waals surface area contributed by atoms with Crippen LogP contribution in [0.5, 0.6) is 11.5 Å². The molecule has 3 aromatic rings. The van der Waals surface area contributed by atoms with Crippen LogP contribution in [-0.4, -0.2) is 70.4 Å². The minimum absolute atomic E-state index is 0.0337. The molecule has 1 aromatic heterocycles. The van der Waals surface area contributed by atoms with Gasteiger partial charge in [-0.2, -0.15) is 8.42 Å². The lowest BCUT2D eigenvalue weighted by Gasteiger charge is -2.40. The van der Waals surface area contributed by atoms with Crippen molar-refractivity contribution in [2.45, 2.75) is 88.7 Å². The van der Waals surface area contributed by atoms with Crippen molar-refractivity contribution in [3.63, 3.8) is 0 Å². The highest BCUT2D eigenvalue weighted by molar-refractivity contribution is 7.91. The van der Waals surface area contributed by atoms with E-state index in [-0.39, 0.29) is 11.5 Å². The van der Waals surface area contributed by atoms with Gasteiger partial charge in [0, 0.05) is 43.6 Å². The molecule has 266 valence electrons. The summed E-state index contributed by atoms with van der Waals surface area (Å²) in [4.78, 5) is 2.31. The number of unbranched alkanes of at least 4 members (excludes halogenated alkanes) is 3. The van der Waals surface area contributed by atoms with Crippen molar-refractivity contribution < 1.29 is 40.9 Å². The number of sulfone groups is 1. The van der Waals surface area contributed by atoms with Gasteiger partial charge >= 0.3 is 0 Å². The van der Waals surface area contributed by atoms with Gasteiger partial charge in [-0.1, -0.05) is 51.7 Å². The lowest BCUT2D eigenvalue weighted by molar-refractivity contribution is -0.697. The first kappa shape index (κ1) is 39.3. The number of benzene rings is 2. The normalized spacial score (nSPS) is 18.1. The molecule has 10 nitrogen and oxygen atoms in total. The number of aliphatic hydroxyl groups excluding tert-OH is 1. The highest BCUT2D eigenvalue weighted by atomic mass is 32.2. The largest absolute Gasteiger partial charge is 0.503 e. The summed E-state index contributed by atoms with van der Waals surface area (Å²) < 4.78 is 61.9. The number of rotatable bonds is 14. The Bertz CT molecular complexity index is 1660. The van der Waals surface area contributed by atoms with E-state index in [4.69, 9.17) is 9.29 Å². The fourth-order valence-electron chi connectivity index (χ4n) is 6.40. The van der Waals surface area contributed by atoms with Crippen LogP contribution in [0.3, 0.4) is 0 Å². The summed E-state index contributed by atoms with van der Waals surface area (Å²) in [5, 5.41) is 22.0. The van der Waals surface area contributed by atoms with E-state index < -0.39 is 37.4 Å². The molecule has 3 N–H and O–H groups in total.